The highest BCUT2D eigenvalue weighted by atomic mass is 16.5. The van der Waals surface area contributed by atoms with Crippen LogP contribution >= 0.6 is 0 Å². The van der Waals surface area contributed by atoms with Crippen LogP contribution in [0.5, 0.6) is 5.75 Å². The molecule has 22 heavy (non-hydrogen) atoms. The van der Waals surface area contributed by atoms with Crippen molar-refractivity contribution in [2.45, 2.75) is 24.9 Å². The summed E-state index contributed by atoms with van der Waals surface area (Å²) < 4.78 is 7.36. The minimum Gasteiger partial charge on any atom is -0.497 e. The number of piperazine rings is 1. The molecule has 1 aromatic heterocycles. The molecule has 3 aliphatic heterocycles. The molecule has 0 bridgehead atoms. The zero-order valence-corrected chi connectivity index (χ0v) is 12.6. The van der Waals surface area contributed by atoms with E-state index in [9.17, 15) is 4.79 Å². The van der Waals surface area contributed by atoms with Crippen molar-refractivity contribution in [1.29, 1.82) is 0 Å². The minimum absolute atomic E-state index is 0.217. The molecule has 2 aromatic rings. The van der Waals surface area contributed by atoms with Crippen molar-refractivity contribution in [1.82, 2.24) is 14.8 Å². The molecule has 1 saturated heterocycles. The SMILES string of the molecule is COc1ccc2c(c1)c1c3n2C(=O)C[C@H]2NCCN(CC1)[C@@H]32. The molecular weight excluding hydrogens is 278 g/mol. The van der Waals surface area contributed by atoms with Gasteiger partial charge in [0, 0.05) is 43.2 Å². The third-order valence-corrected chi connectivity index (χ3v) is 5.47. The van der Waals surface area contributed by atoms with E-state index in [0.717, 1.165) is 37.3 Å². The van der Waals surface area contributed by atoms with Crippen molar-refractivity contribution < 1.29 is 9.53 Å². The monoisotopic (exact) mass is 297 g/mol. The quantitative estimate of drug-likeness (QED) is 0.868. The van der Waals surface area contributed by atoms with Gasteiger partial charge in [0.05, 0.1) is 18.7 Å². The van der Waals surface area contributed by atoms with Crippen LogP contribution in [0.4, 0.5) is 0 Å². The van der Waals surface area contributed by atoms with Gasteiger partial charge < -0.3 is 10.1 Å². The molecule has 1 aromatic carbocycles. The van der Waals surface area contributed by atoms with Crippen molar-refractivity contribution in [3.05, 3.63) is 29.5 Å². The van der Waals surface area contributed by atoms with E-state index in [1.807, 2.05) is 16.7 Å². The highest BCUT2D eigenvalue weighted by Gasteiger charge is 2.44. The molecule has 5 rings (SSSR count). The fourth-order valence-corrected chi connectivity index (χ4v) is 4.56. The summed E-state index contributed by atoms with van der Waals surface area (Å²) in [6.45, 7) is 3.14. The number of carbonyl (C=O) groups excluding carboxylic acids is 1. The average Bonchev–Trinajstić information content (AvgIpc) is 2.89. The Hall–Kier alpha value is -1.85. The van der Waals surface area contributed by atoms with Crippen molar-refractivity contribution in [2.75, 3.05) is 26.7 Å². The molecule has 1 N–H and O–H groups in total. The number of nitrogens with one attached hydrogen (secondary N) is 1. The molecule has 0 amide bonds. The number of fused-ring (bicyclic) bond motifs is 3. The third-order valence-electron chi connectivity index (χ3n) is 5.47. The Labute approximate surface area is 128 Å². The van der Waals surface area contributed by atoms with E-state index in [1.54, 1.807) is 7.11 Å². The van der Waals surface area contributed by atoms with E-state index in [0.29, 0.717) is 12.5 Å². The van der Waals surface area contributed by atoms with Crippen molar-refractivity contribution >= 4 is 16.8 Å². The van der Waals surface area contributed by atoms with E-state index < -0.39 is 0 Å². The number of benzene rings is 1. The Morgan fingerprint density at radius 2 is 2.23 bits per heavy atom. The molecule has 0 unspecified atom stereocenters. The van der Waals surface area contributed by atoms with E-state index in [2.05, 4.69) is 16.3 Å². The van der Waals surface area contributed by atoms with Crippen molar-refractivity contribution in [3.8, 4) is 5.75 Å². The second-order valence-electron chi connectivity index (χ2n) is 6.47. The van der Waals surface area contributed by atoms with Gasteiger partial charge in [0.1, 0.15) is 5.75 Å². The first-order valence-corrected chi connectivity index (χ1v) is 8.00. The Morgan fingerprint density at radius 1 is 1.32 bits per heavy atom. The second-order valence-corrected chi connectivity index (χ2v) is 6.47. The largest absolute Gasteiger partial charge is 0.497 e. The summed E-state index contributed by atoms with van der Waals surface area (Å²) in [7, 11) is 1.69. The fourth-order valence-electron chi connectivity index (χ4n) is 4.56. The van der Waals surface area contributed by atoms with Crippen LogP contribution in [-0.4, -0.2) is 48.2 Å². The lowest BCUT2D eigenvalue weighted by atomic mass is 9.87. The summed E-state index contributed by atoms with van der Waals surface area (Å²) in [5, 5.41) is 4.74. The fraction of sp³-hybridized carbons (Fsp3) is 0.471. The number of aromatic nitrogens is 1. The Balaban J connectivity index is 1.83. The van der Waals surface area contributed by atoms with E-state index >= 15 is 0 Å². The molecular formula is C17H19N3O2. The predicted octanol–water partition coefficient (Wildman–Crippen LogP) is 1.56. The van der Waals surface area contributed by atoms with E-state index in [4.69, 9.17) is 4.74 Å². The van der Waals surface area contributed by atoms with Crippen LogP contribution in [-0.2, 0) is 6.42 Å². The van der Waals surface area contributed by atoms with Crippen LogP contribution in [0.15, 0.2) is 18.2 Å². The maximum atomic E-state index is 12.7. The number of nitrogens with zero attached hydrogens (tertiary/aromatic N) is 2. The number of hydrogen-bond donors (Lipinski definition) is 1. The molecule has 0 radical (unpaired) electrons. The molecule has 5 heteroatoms. The van der Waals surface area contributed by atoms with Crippen LogP contribution in [0.2, 0.25) is 0 Å². The summed E-state index contributed by atoms with van der Waals surface area (Å²) in [6, 6.07) is 6.68. The Bertz CT molecular complexity index is 795. The van der Waals surface area contributed by atoms with E-state index in [1.165, 1.54) is 16.6 Å². The zero-order chi connectivity index (χ0) is 14.8. The molecule has 4 heterocycles. The van der Waals surface area contributed by atoms with Gasteiger partial charge in [-0.2, -0.15) is 0 Å². The van der Waals surface area contributed by atoms with Crippen LogP contribution in [0.3, 0.4) is 0 Å². The zero-order valence-electron chi connectivity index (χ0n) is 12.6. The van der Waals surface area contributed by atoms with Gasteiger partial charge in [-0.1, -0.05) is 0 Å². The van der Waals surface area contributed by atoms with Crippen molar-refractivity contribution in [3.63, 3.8) is 0 Å². The summed E-state index contributed by atoms with van der Waals surface area (Å²) in [5.41, 5.74) is 3.61. The molecule has 2 atom stereocenters. The third kappa shape index (κ3) is 1.48. The molecule has 1 fully saturated rings. The van der Waals surface area contributed by atoms with Crippen LogP contribution < -0.4 is 10.1 Å². The number of ether oxygens (including phenoxy) is 1. The van der Waals surface area contributed by atoms with Gasteiger partial charge in [-0.3, -0.25) is 14.3 Å². The first-order chi connectivity index (χ1) is 10.8. The second kappa shape index (κ2) is 4.33. The normalized spacial score (nSPS) is 27.0. The molecule has 0 saturated carbocycles. The van der Waals surface area contributed by atoms with Crippen LogP contribution in [0, 0.1) is 0 Å². The molecule has 3 aliphatic rings. The minimum atomic E-state index is 0.217. The highest BCUT2D eigenvalue weighted by Crippen LogP contribution is 2.43. The molecule has 0 aliphatic carbocycles. The number of hydrogen-bond acceptors (Lipinski definition) is 4. The summed E-state index contributed by atoms with van der Waals surface area (Å²) >= 11 is 0. The lowest BCUT2D eigenvalue weighted by Gasteiger charge is -2.47. The van der Waals surface area contributed by atoms with Gasteiger partial charge in [-0.05, 0) is 30.2 Å². The lowest BCUT2D eigenvalue weighted by Crippen LogP contribution is -2.58. The highest BCUT2D eigenvalue weighted by molar-refractivity contribution is 5.98. The van der Waals surface area contributed by atoms with Crippen molar-refractivity contribution in [2.24, 2.45) is 0 Å². The van der Waals surface area contributed by atoms with Crippen LogP contribution in [0.25, 0.3) is 10.9 Å². The summed E-state index contributed by atoms with van der Waals surface area (Å²) in [5.74, 6) is 1.08. The van der Waals surface area contributed by atoms with Gasteiger partial charge in [0.2, 0.25) is 5.91 Å². The number of methoxy groups -OCH3 is 1. The standard InChI is InChI=1S/C17H19N3O2/c1-22-10-2-3-14-12(8-10)11-4-6-19-7-5-18-13-9-15(21)20(14)16(11)17(13)19/h2-3,8,13,17-18H,4-7,9H2,1H3/t13-,17-/m1/s1. The summed E-state index contributed by atoms with van der Waals surface area (Å²) in [6.07, 6.45) is 1.60. The molecule has 5 nitrogen and oxygen atoms in total. The number of rotatable bonds is 1. The van der Waals surface area contributed by atoms with Gasteiger partial charge in [0.25, 0.3) is 0 Å². The van der Waals surface area contributed by atoms with E-state index in [-0.39, 0.29) is 11.9 Å². The predicted molar refractivity (Wildman–Crippen MR) is 83.5 cm³/mol. The van der Waals surface area contributed by atoms with Gasteiger partial charge >= 0.3 is 0 Å². The maximum Gasteiger partial charge on any atom is 0.233 e. The maximum absolute atomic E-state index is 12.7. The first kappa shape index (κ1) is 12.7. The van der Waals surface area contributed by atoms with Crippen LogP contribution in [0.1, 0.15) is 28.5 Å². The number of carbonyl (C=O) groups is 1. The van der Waals surface area contributed by atoms with Gasteiger partial charge in [0.15, 0.2) is 0 Å². The molecule has 0 spiro atoms. The summed E-state index contributed by atoms with van der Waals surface area (Å²) in [4.78, 5) is 15.3. The van der Waals surface area contributed by atoms with Gasteiger partial charge in [-0.15, -0.1) is 0 Å². The average molecular weight is 297 g/mol. The molecule has 114 valence electrons. The Kier molecular flexibility index (Phi) is 2.50. The smallest absolute Gasteiger partial charge is 0.233 e. The first-order valence-electron chi connectivity index (χ1n) is 8.00. The lowest BCUT2D eigenvalue weighted by molar-refractivity contribution is 0.0630. The topological polar surface area (TPSA) is 46.5 Å². The Morgan fingerprint density at radius 3 is 3.09 bits per heavy atom. The van der Waals surface area contributed by atoms with Gasteiger partial charge in [-0.25, -0.2) is 0 Å².